The summed E-state index contributed by atoms with van der Waals surface area (Å²) >= 11 is 0. The maximum Gasteiger partial charge on any atom is 0.352 e. The predicted octanol–water partition coefficient (Wildman–Crippen LogP) is 5.46. The molecule has 0 saturated heterocycles. The van der Waals surface area contributed by atoms with Gasteiger partial charge in [0.05, 0.1) is 24.4 Å². The second-order valence-corrected chi connectivity index (χ2v) is 7.99. The highest BCUT2D eigenvalue weighted by molar-refractivity contribution is 6.00. The van der Waals surface area contributed by atoms with Gasteiger partial charge in [0.2, 0.25) is 0 Å². The van der Waals surface area contributed by atoms with E-state index in [4.69, 9.17) is 14.2 Å². The molecule has 0 radical (unpaired) electrons. The lowest BCUT2D eigenvalue weighted by Gasteiger charge is -2.11. The number of nitrogens with zero attached hydrogens (tertiary/aromatic N) is 4. The number of ether oxygens (including phenoxy) is 3. The predicted molar refractivity (Wildman–Crippen MR) is 137 cm³/mol. The second kappa shape index (κ2) is 10.8. The van der Waals surface area contributed by atoms with Gasteiger partial charge < -0.3 is 23.9 Å². The van der Waals surface area contributed by atoms with E-state index in [9.17, 15) is 9.90 Å². The van der Waals surface area contributed by atoms with Crippen molar-refractivity contribution in [3.05, 3.63) is 91.0 Å². The molecule has 37 heavy (non-hydrogen) atoms. The number of hydrogen-bond donors (Lipinski definition) is 1. The zero-order valence-electron chi connectivity index (χ0n) is 20.1. The Kier molecular flexibility index (Phi) is 6.93. The fraction of sp³-hybridized carbons (Fsp3) is 0.143. The van der Waals surface area contributed by atoms with Crippen molar-refractivity contribution >= 4 is 16.9 Å². The molecule has 186 valence electrons. The summed E-state index contributed by atoms with van der Waals surface area (Å²) in [5, 5.41) is 10.6. The molecule has 9 nitrogen and oxygen atoms in total. The standard InChI is InChI=1S/C28H24N4O5/c1-2-35-22-6-3-5-19(17-22)26-23-18-25(27(33)34)32(24(23)11-14-29-26)15-16-36-20-7-9-21(10-8-20)37-28-30-12-4-13-31-28/h3-14,17-18H,2,15-16H2,1H3,(H,33,34). The van der Waals surface area contributed by atoms with Crippen molar-refractivity contribution in [2.24, 2.45) is 0 Å². The van der Waals surface area contributed by atoms with Crippen LogP contribution in [0.4, 0.5) is 0 Å². The molecule has 9 heteroatoms. The van der Waals surface area contributed by atoms with Crippen LogP contribution in [0.15, 0.2) is 85.3 Å². The first-order chi connectivity index (χ1) is 18.1. The van der Waals surface area contributed by atoms with Gasteiger partial charge in [0.25, 0.3) is 0 Å². The highest BCUT2D eigenvalue weighted by atomic mass is 16.5. The second-order valence-electron chi connectivity index (χ2n) is 7.99. The Hall–Kier alpha value is -4.92. The zero-order chi connectivity index (χ0) is 25.6. The Bertz CT molecular complexity index is 1520. The highest BCUT2D eigenvalue weighted by Crippen LogP contribution is 2.31. The summed E-state index contributed by atoms with van der Waals surface area (Å²) in [6.07, 6.45) is 4.89. The summed E-state index contributed by atoms with van der Waals surface area (Å²) in [5.41, 5.74) is 2.48. The minimum Gasteiger partial charge on any atom is -0.494 e. The van der Waals surface area contributed by atoms with Crippen molar-refractivity contribution in [3.8, 4) is 34.5 Å². The molecular formula is C28H24N4O5. The van der Waals surface area contributed by atoms with Gasteiger partial charge in [-0.25, -0.2) is 14.8 Å². The molecule has 1 N–H and O–H groups in total. The fourth-order valence-electron chi connectivity index (χ4n) is 4.04. The van der Waals surface area contributed by atoms with Crippen LogP contribution in [-0.2, 0) is 6.54 Å². The number of hydrogen-bond acceptors (Lipinski definition) is 7. The molecule has 3 heterocycles. The first-order valence-corrected chi connectivity index (χ1v) is 11.7. The maximum atomic E-state index is 12.1. The number of carbonyl (C=O) groups is 1. The number of carboxylic acids is 1. The molecule has 0 spiro atoms. The third-order valence-electron chi connectivity index (χ3n) is 5.63. The van der Waals surface area contributed by atoms with Gasteiger partial charge in [0.15, 0.2) is 0 Å². The Labute approximate surface area is 212 Å². The Morgan fingerprint density at radius 3 is 2.41 bits per heavy atom. The van der Waals surface area contributed by atoms with Crippen LogP contribution in [0.5, 0.6) is 23.3 Å². The molecule has 5 rings (SSSR count). The molecule has 0 aliphatic heterocycles. The highest BCUT2D eigenvalue weighted by Gasteiger charge is 2.18. The molecule has 0 bridgehead atoms. The van der Waals surface area contributed by atoms with E-state index in [-0.39, 0.29) is 18.3 Å². The smallest absolute Gasteiger partial charge is 0.352 e. The summed E-state index contributed by atoms with van der Waals surface area (Å²) < 4.78 is 18.8. The number of aromatic carboxylic acids is 1. The van der Waals surface area contributed by atoms with E-state index in [1.807, 2.05) is 37.3 Å². The van der Waals surface area contributed by atoms with Crippen LogP contribution in [0.2, 0.25) is 0 Å². The van der Waals surface area contributed by atoms with Crippen LogP contribution in [0.3, 0.4) is 0 Å². The minimum atomic E-state index is -1.02. The topological polar surface area (TPSA) is 109 Å². The Morgan fingerprint density at radius 1 is 0.865 bits per heavy atom. The third kappa shape index (κ3) is 5.35. The normalized spacial score (nSPS) is 10.8. The molecule has 0 saturated carbocycles. The number of pyridine rings is 1. The Balaban J connectivity index is 1.34. The number of fused-ring (bicyclic) bond motifs is 1. The molecule has 0 aliphatic carbocycles. The van der Waals surface area contributed by atoms with Gasteiger partial charge in [0, 0.05) is 29.5 Å². The molecule has 0 atom stereocenters. The lowest BCUT2D eigenvalue weighted by atomic mass is 10.1. The van der Waals surface area contributed by atoms with Crippen LogP contribution in [0.1, 0.15) is 17.4 Å². The van der Waals surface area contributed by atoms with Crippen molar-refractivity contribution in [2.45, 2.75) is 13.5 Å². The zero-order valence-corrected chi connectivity index (χ0v) is 20.1. The van der Waals surface area contributed by atoms with Crippen LogP contribution in [0, 0.1) is 0 Å². The quantitative estimate of drug-likeness (QED) is 0.271. The van der Waals surface area contributed by atoms with Crippen LogP contribution in [-0.4, -0.2) is 43.8 Å². The molecule has 2 aromatic carbocycles. The maximum absolute atomic E-state index is 12.1. The molecule has 5 aromatic rings. The number of benzene rings is 2. The van der Waals surface area contributed by atoms with Gasteiger partial charge in [-0.2, -0.15) is 0 Å². The van der Waals surface area contributed by atoms with E-state index >= 15 is 0 Å². The average Bonchev–Trinajstić information content (AvgIpc) is 3.30. The van der Waals surface area contributed by atoms with E-state index in [1.54, 1.807) is 59.6 Å². The molecule has 0 amide bonds. The monoisotopic (exact) mass is 496 g/mol. The molecular weight excluding hydrogens is 472 g/mol. The summed E-state index contributed by atoms with van der Waals surface area (Å²) in [4.78, 5) is 24.7. The summed E-state index contributed by atoms with van der Waals surface area (Å²) in [6, 6.07) is 20.1. The van der Waals surface area contributed by atoms with Gasteiger partial charge in [-0.15, -0.1) is 0 Å². The van der Waals surface area contributed by atoms with Crippen molar-refractivity contribution < 1.29 is 24.1 Å². The third-order valence-corrected chi connectivity index (χ3v) is 5.63. The molecule has 0 aliphatic rings. The van der Waals surface area contributed by atoms with Gasteiger partial charge in [-0.05, 0) is 61.5 Å². The van der Waals surface area contributed by atoms with Crippen LogP contribution in [0.25, 0.3) is 22.2 Å². The van der Waals surface area contributed by atoms with E-state index in [2.05, 4.69) is 15.0 Å². The lowest BCUT2D eigenvalue weighted by Crippen LogP contribution is -2.13. The average molecular weight is 497 g/mol. The van der Waals surface area contributed by atoms with Gasteiger partial charge in [-0.1, -0.05) is 12.1 Å². The summed E-state index contributed by atoms with van der Waals surface area (Å²) in [6.45, 7) is 3.08. The number of rotatable bonds is 10. The van der Waals surface area contributed by atoms with E-state index in [0.29, 0.717) is 30.3 Å². The van der Waals surface area contributed by atoms with Crippen molar-refractivity contribution in [3.63, 3.8) is 0 Å². The Morgan fingerprint density at radius 2 is 1.65 bits per heavy atom. The van der Waals surface area contributed by atoms with Gasteiger partial charge in [-0.3, -0.25) is 4.98 Å². The van der Waals surface area contributed by atoms with Crippen LogP contribution >= 0.6 is 0 Å². The number of carboxylic acid groups (broad SMARTS) is 1. The van der Waals surface area contributed by atoms with Crippen molar-refractivity contribution in [2.75, 3.05) is 13.2 Å². The van der Waals surface area contributed by atoms with Crippen molar-refractivity contribution in [1.29, 1.82) is 0 Å². The lowest BCUT2D eigenvalue weighted by molar-refractivity contribution is 0.0684. The van der Waals surface area contributed by atoms with Gasteiger partial charge >= 0.3 is 12.0 Å². The molecule has 0 fully saturated rings. The number of aromatic nitrogens is 4. The van der Waals surface area contributed by atoms with E-state index in [0.717, 1.165) is 22.2 Å². The minimum absolute atomic E-state index is 0.167. The summed E-state index contributed by atoms with van der Waals surface area (Å²) in [5.74, 6) is 0.925. The molecule has 3 aromatic heterocycles. The first kappa shape index (κ1) is 23.8. The SMILES string of the molecule is CCOc1cccc(-c2nccc3c2cc(C(=O)O)n3CCOc2ccc(Oc3ncccn3)cc2)c1. The largest absolute Gasteiger partial charge is 0.494 e. The van der Waals surface area contributed by atoms with Crippen LogP contribution < -0.4 is 14.2 Å². The van der Waals surface area contributed by atoms with E-state index in [1.165, 1.54) is 0 Å². The summed E-state index contributed by atoms with van der Waals surface area (Å²) in [7, 11) is 0. The molecule has 0 unspecified atom stereocenters. The van der Waals surface area contributed by atoms with Crippen molar-refractivity contribution in [1.82, 2.24) is 19.5 Å². The first-order valence-electron chi connectivity index (χ1n) is 11.7. The van der Waals surface area contributed by atoms with E-state index < -0.39 is 5.97 Å². The van der Waals surface area contributed by atoms with Gasteiger partial charge in [0.1, 0.15) is 29.5 Å². The fourth-order valence-corrected chi connectivity index (χ4v) is 4.04.